The zero-order valence-electron chi connectivity index (χ0n) is 12.4. The molecule has 0 aromatic heterocycles. The van der Waals surface area contributed by atoms with Crippen LogP contribution in [0.3, 0.4) is 0 Å². The number of rotatable bonds is 5. The molecular weight excluding hydrogens is 317 g/mol. The Bertz CT molecular complexity index is 541. The van der Waals surface area contributed by atoms with Gasteiger partial charge in [-0.3, -0.25) is 0 Å². The molecule has 4 heteroatoms. The number of benzene rings is 2. The van der Waals surface area contributed by atoms with Crippen molar-refractivity contribution in [2.45, 2.75) is 18.9 Å². The molecular formula is C18H21Cl2NO. The van der Waals surface area contributed by atoms with Gasteiger partial charge in [-0.05, 0) is 55.1 Å². The highest BCUT2D eigenvalue weighted by molar-refractivity contribution is 6.30. The molecule has 0 saturated heterocycles. The summed E-state index contributed by atoms with van der Waals surface area (Å²) >= 11 is 11.4. The van der Waals surface area contributed by atoms with E-state index in [2.05, 4.69) is 5.32 Å². The largest absolute Gasteiger partial charge is 0.394 e. The molecule has 2 aromatic rings. The molecule has 0 amide bonds. The third-order valence-corrected chi connectivity index (χ3v) is 4.04. The molecule has 2 nitrogen and oxygen atoms in total. The van der Waals surface area contributed by atoms with E-state index in [1.54, 1.807) is 0 Å². The second-order valence-electron chi connectivity index (χ2n) is 5.43. The van der Waals surface area contributed by atoms with Gasteiger partial charge in [-0.25, -0.2) is 0 Å². The summed E-state index contributed by atoms with van der Waals surface area (Å²) in [4.78, 5) is 0. The highest BCUT2D eigenvalue weighted by Gasteiger charge is 2.22. The summed E-state index contributed by atoms with van der Waals surface area (Å²) in [5.41, 5.74) is 1.10. The lowest BCUT2D eigenvalue weighted by atomic mass is 10.1. The van der Waals surface area contributed by atoms with Crippen LogP contribution in [0, 0.1) is 5.92 Å². The van der Waals surface area contributed by atoms with Crippen molar-refractivity contribution in [2.24, 2.45) is 5.92 Å². The van der Waals surface area contributed by atoms with Crippen LogP contribution in [-0.4, -0.2) is 18.3 Å². The Morgan fingerprint density at radius 1 is 0.955 bits per heavy atom. The average Bonchev–Trinajstić information content (AvgIpc) is 3.35. The van der Waals surface area contributed by atoms with Crippen molar-refractivity contribution in [3.05, 3.63) is 70.2 Å². The molecule has 1 atom stereocenters. The van der Waals surface area contributed by atoms with Crippen molar-refractivity contribution in [1.82, 2.24) is 5.32 Å². The van der Waals surface area contributed by atoms with Crippen LogP contribution in [0.25, 0.3) is 0 Å². The summed E-state index contributed by atoms with van der Waals surface area (Å²) in [6.07, 6.45) is 2.65. The number of aliphatic hydroxyl groups is 1. The van der Waals surface area contributed by atoms with Crippen LogP contribution in [0.5, 0.6) is 0 Å². The monoisotopic (exact) mass is 337 g/mol. The van der Waals surface area contributed by atoms with Crippen molar-refractivity contribution >= 4 is 23.2 Å². The lowest BCUT2D eigenvalue weighted by molar-refractivity contribution is 0.243. The van der Waals surface area contributed by atoms with Gasteiger partial charge in [0.1, 0.15) is 0 Å². The first kappa shape index (κ1) is 17.3. The van der Waals surface area contributed by atoms with Crippen LogP contribution in [0.4, 0.5) is 0 Å². The van der Waals surface area contributed by atoms with E-state index in [1.807, 2.05) is 54.6 Å². The molecule has 0 heterocycles. The van der Waals surface area contributed by atoms with E-state index < -0.39 is 0 Å². The molecule has 1 aliphatic carbocycles. The Labute approximate surface area is 142 Å². The maximum atomic E-state index is 9.29. The van der Waals surface area contributed by atoms with Gasteiger partial charge < -0.3 is 10.4 Å². The number of hydrogen-bond acceptors (Lipinski definition) is 2. The molecule has 1 saturated carbocycles. The minimum absolute atomic E-state index is 0.0443. The summed E-state index contributed by atoms with van der Waals surface area (Å²) < 4.78 is 0. The van der Waals surface area contributed by atoms with Crippen molar-refractivity contribution in [1.29, 1.82) is 0 Å². The van der Waals surface area contributed by atoms with Gasteiger partial charge in [-0.1, -0.05) is 53.5 Å². The summed E-state index contributed by atoms with van der Waals surface area (Å²) in [6, 6.07) is 17.1. The van der Waals surface area contributed by atoms with Gasteiger partial charge in [-0.2, -0.15) is 0 Å². The topological polar surface area (TPSA) is 32.3 Å². The number of nitrogens with one attached hydrogen (secondary N) is 1. The van der Waals surface area contributed by atoms with Crippen molar-refractivity contribution in [3.8, 4) is 0 Å². The quantitative estimate of drug-likeness (QED) is 0.827. The van der Waals surface area contributed by atoms with Crippen LogP contribution in [0.15, 0.2) is 54.6 Å². The first-order chi connectivity index (χ1) is 10.7. The molecule has 0 radical (unpaired) electrons. The SMILES string of the molecule is Clc1ccccc1.OCC(NCC1CC1)c1ccc(Cl)cc1. The predicted molar refractivity (Wildman–Crippen MR) is 93.5 cm³/mol. The Morgan fingerprint density at radius 2 is 1.55 bits per heavy atom. The third kappa shape index (κ3) is 6.37. The van der Waals surface area contributed by atoms with E-state index >= 15 is 0 Å². The standard InChI is InChI=1S/C12H16ClNO.C6H5Cl/c13-11-5-3-10(4-6-11)12(8-15)14-7-9-1-2-9;7-6-4-2-1-3-5-6/h3-6,9,12,14-15H,1-2,7-8H2;1-5H. The van der Waals surface area contributed by atoms with E-state index in [1.165, 1.54) is 12.8 Å². The van der Waals surface area contributed by atoms with Crippen LogP contribution >= 0.6 is 23.2 Å². The van der Waals surface area contributed by atoms with Crippen molar-refractivity contribution in [3.63, 3.8) is 0 Å². The Morgan fingerprint density at radius 3 is 2.00 bits per heavy atom. The molecule has 1 fully saturated rings. The summed E-state index contributed by atoms with van der Waals surface area (Å²) in [7, 11) is 0. The molecule has 0 spiro atoms. The van der Waals surface area contributed by atoms with Gasteiger partial charge in [0.25, 0.3) is 0 Å². The van der Waals surface area contributed by atoms with Crippen LogP contribution in [0.2, 0.25) is 10.0 Å². The fourth-order valence-electron chi connectivity index (χ4n) is 2.03. The minimum Gasteiger partial charge on any atom is -0.394 e. The lowest BCUT2D eigenvalue weighted by Gasteiger charge is -2.16. The lowest BCUT2D eigenvalue weighted by Crippen LogP contribution is -2.26. The van der Waals surface area contributed by atoms with Gasteiger partial charge in [0.2, 0.25) is 0 Å². The van der Waals surface area contributed by atoms with Gasteiger partial charge in [0.05, 0.1) is 12.6 Å². The third-order valence-electron chi connectivity index (χ3n) is 3.54. The summed E-state index contributed by atoms with van der Waals surface area (Å²) in [5, 5.41) is 14.2. The van der Waals surface area contributed by atoms with Gasteiger partial charge in [-0.15, -0.1) is 0 Å². The van der Waals surface area contributed by atoms with E-state index in [4.69, 9.17) is 23.2 Å². The Hall–Kier alpha value is -1.06. The van der Waals surface area contributed by atoms with Crippen LogP contribution in [0.1, 0.15) is 24.4 Å². The van der Waals surface area contributed by atoms with E-state index in [0.29, 0.717) is 0 Å². The molecule has 1 unspecified atom stereocenters. The predicted octanol–water partition coefficient (Wildman–Crippen LogP) is 4.71. The van der Waals surface area contributed by atoms with Crippen LogP contribution < -0.4 is 5.32 Å². The molecule has 2 aromatic carbocycles. The molecule has 0 bridgehead atoms. The van der Waals surface area contributed by atoms with Crippen molar-refractivity contribution < 1.29 is 5.11 Å². The smallest absolute Gasteiger partial charge is 0.0626 e. The van der Waals surface area contributed by atoms with Gasteiger partial charge in [0.15, 0.2) is 0 Å². The normalized spacial score (nSPS) is 14.9. The second kappa shape index (κ2) is 9.16. The maximum absolute atomic E-state index is 9.29. The molecule has 22 heavy (non-hydrogen) atoms. The van der Waals surface area contributed by atoms with Crippen molar-refractivity contribution in [2.75, 3.05) is 13.2 Å². The number of hydrogen-bond donors (Lipinski definition) is 2. The van der Waals surface area contributed by atoms with Gasteiger partial charge in [0, 0.05) is 10.0 Å². The second-order valence-corrected chi connectivity index (χ2v) is 6.31. The summed E-state index contributed by atoms with van der Waals surface area (Å²) in [6.45, 7) is 1.14. The molecule has 1 aliphatic rings. The first-order valence-electron chi connectivity index (χ1n) is 7.49. The fourth-order valence-corrected chi connectivity index (χ4v) is 2.30. The molecule has 118 valence electrons. The van der Waals surface area contributed by atoms with Gasteiger partial charge >= 0.3 is 0 Å². The Balaban J connectivity index is 0.000000211. The molecule has 0 aliphatic heterocycles. The fraction of sp³-hybridized carbons (Fsp3) is 0.333. The Kier molecular flexibility index (Phi) is 7.20. The molecule has 2 N–H and O–H groups in total. The zero-order valence-corrected chi connectivity index (χ0v) is 13.9. The van der Waals surface area contributed by atoms with E-state index in [-0.39, 0.29) is 12.6 Å². The zero-order chi connectivity index (χ0) is 15.8. The number of halogens is 2. The molecule has 3 rings (SSSR count). The summed E-state index contributed by atoms with van der Waals surface area (Å²) in [5.74, 6) is 0.825. The number of aliphatic hydroxyl groups excluding tert-OH is 1. The van der Waals surface area contributed by atoms with E-state index in [9.17, 15) is 5.11 Å². The maximum Gasteiger partial charge on any atom is 0.0626 e. The highest BCUT2D eigenvalue weighted by Crippen LogP contribution is 2.28. The van der Waals surface area contributed by atoms with E-state index in [0.717, 1.165) is 28.1 Å². The average molecular weight is 338 g/mol. The minimum atomic E-state index is 0.0443. The first-order valence-corrected chi connectivity index (χ1v) is 8.25. The highest BCUT2D eigenvalue weighted by atomic mass is 35.5. The van der Waals surface area contributed by atoms with Crippen LogP contribution in [-0.2, 0) is 0 Å².